The van der Waals surface area contributed by atoms with Crippen molar-refractivity contribution in [2.45, 2.75) is 13.3 Å². The number of benzene rings is 2. The average Bonchev–Trinajstić information content (AvgIpc) is 3.02. The first-order chi connectivity index (χ1) is 12.9. The van der Waals surface area contributed by atoms with Gasteiger partial charge in [-0.15, -0.1) is 0 Å². The van der Waals surface area contributed by atoms with Crippen LogP contribution in [0.25, 0.3) is 10.2 Å². The van der Waals surface area contributed by atoms with Crippen LogP contribution in [0.3, 0.4) is 0 Å². The molecule has 1 heterocycles. The summed E-state index contributed by atoms with van der Waals surface area (Å²) in [6.45, 7) is 1.79. The number of aromatic nitrogens is 1. The minimum atomic E-state index is -0.294. The van der Waals surface area contributed by atoms with Crippen LogP contribution >= 0.6 is 39.5 Å². The van der Waals surface area contributed by atoms with E-state index in [1.54, 1.807) is 25.1 Å². The molecule has 3 rings (SSSR count). The molecule has 0 aliphatic rings. The second-order valence-electron chi connectivity index (χ2n) is 5.52. The Kier molecular flexibility index (Phi) is 6.15. The average molecular weight is 463 g/mol. The molecule has 0 atom stereocenters. The molecule has 138 valence electrons. The van der Waals surface area contributed by atoms with Crippen LogP contribution in [0.4, 0.5) is 10.8 Å². The van der Waals surface area contributed by atoms with Crippen molar-refractivity contribution in [3.63, 3.8) is 0 Å². The van der Waals surface area contributed by atoms with E-state index in [9.17, 15) is 9.59 Å². The number of halogens is 1. The summed E-state index contributed by atoms with van der Waals surface area (Å²) in [5, 5.41) is 9.14. The topological polar surface area (TPSA) is 83.1 Å². The summed E-state index contributed by atoms with van der Waals surface area (Å²) in [5.41, 5.74) is 2.00. The summed E-state index contributed by atoms with van der Waals surface area (Å²) in [4.78, 5) is 28.1. The lowest BCUT2D eigenvalue weighted by atomic mass is 10.2. The van der Waals surface area contributed by atoms with Gasteiger partial charge in [-0.1, -0.05) is 40.3 Å². The normalized spacial score (nSPS) is 10.4. The Morgan fingerprint density at radius 3 is 2.74 bits per heavy atom. The van der Waals surface area contributed by atoms with Crippen molar-refractivity contribution in [1.29, 1.82) is 0 Å². The van der Waals surface area contributed by atoms with Gasteiger partial charge >= 0.3 is 0 Å². The van der Waals surface area contributed by atoms with Crippen LogP contribution in [0.2, 0.25) is 0 Å². The molecule has 9 heteroatoms. The SMILES string of the molecule is CCC(=O)Nc1nc2ccc(NC(=S)NC(=O)c3cccc(Br)c3)cc2s1. The maximum Gasteiger partial charge on any atom is 0.257 e. The summed E-state index contributed by atoms with van der Waals surface area (Å²) in [6, 6.07) is 12.5. The van der Waals surface area contributed by atoms with E-state index in [0.29, 0.717) is 17.1 Å². The van der Waals surface area contributed by atoms with Crippen LogP contribution in [-0.4, -0.2) is 21.9 Å². The zero-order valence-electron chi connectivity index (χ0n) is 14.2. The monoisotopic (exact) mass is 462 g/mol. The predicted octanol–water partition coefficient (Wildman–Crippen LogP) is 4.53. The number of carbonyl (C=O) groups is 2. The number of hydrogen-bond donors (Lipinski definition) is 3. The fourth-order valence-corrected chi connectivity index (χ4v) is 3.76. The minimum Gasteiger partial charge on any atom is -0.332 e. The van der Waals surface area contributed by atoms with E-state index in [1.165, 1.54) is 11.3 Å². The second-order valence-corrected chi connectivity index (χ2v) is 7.88. The molecule has 0 aliphatic heterocycles. The molecule has 0 saturated carbocycles. The van der Waals surface area contributed by atoms with Gasteiger partial charge in [-0.2, -0.15) is 0 Å². The van der Waals surface area contributed by atoms with Gasteiger partial charge in [0.15, 0.2) is 10.2 Å². The van der Waals surface area contributed by atoms with Crippen LogP contribution in [0.1, 0.15) is 23.7 Å². The number of thiocarbonyl (C=S) groups is 1. The summed E-state index contributed by atoms with van der Waals surface area (Å²) in [7, 11) is 0. The first-order valence-corrected chi connectivity index (χ1v) is 10.0. The Labute approximate surface area is 173 Å². The molecule has 0 saturated heterocycles. The highest BCUT2D eigenvalue weighted by Crippen LogP contribution is 2.28. The highest BCUT2D eigenvalue weighted by molar-refractivity contribution is 9.10. The Balaban J connectivity index is 1.67. The van der Waals surface area contributed by atoms with E-state index in [-0.39, 0.29) is 16.9 Å². The lowest BCUT2D eigenvalue weighted by Crippen LogP contribution is -2.34. The zero-order valence-corrected chi connectivity index (χ0v) is 17.4. The first-order valence-electron chi connectivity index (χ1n) is 8.03. The van der Waals surface area contributed by atoms with Crippen molar-refractivity contribution in [2.24, 2.45) is 0 Å². The number of nitrogens with zero attached hydrogens (tertiary/aromatic N) is 1. The van der Waals surface area contributed by atoms with E-state index in [2.05, 4.69) is 36.9 Å². The lowest BCUT2D eigenvalue weighted by molar-refractivity contribution is -0.115. The van der Waals surface area contributed by atoms with E-state index in [4.69, 9.17) is 12.2 Å². The molecule has 6 nitrogen and oxygen atoms in total. The molecule has 0 spiro atoms. The molecule has 3 N–H and O–H groups in total. The molecular weight excluding hydrogens is 448 g/mol. The van der Waals surface area contributed by atoms with E-state index in [0.717, 1.165) is 20.4 Å². The quantitative estimate of drug-likeness (QED) is 0.495. The summed E-state index contributed by atoms with van der Waals surface area (Å²) >= 11 is 9.93. The van der Waals surface area contributed by atoms with Crippen molar-refractivity contribution >= 4 is 77.4 Å². The Morgan fingerprint density at radius 1 is 1.19 bits per heavy atom. The molecule has 0 radical (unpaired) electrons. The molecule has 27 heavy (non-hydrogen) atoms. The Morgan fingerprint density at radius 2 is 2.00 bits per heavy atom. The van der Waals surface area contributed by atoms with Gasteiger partial charge in [0.2, 0.25) is 5.91 Å². The largest absolute Gasteiger partial charge is 0.332 e. The maximum atomic E-state index is 12.2. The van der Waals surface area contributed by atoms with Crippen LogP contribution in [-0.2, 0) is 4.79 Å². The van der Waals surface area contributed by atoms with Crippen LogP contribution in [0.15, 0.2) is 46.9 Å². The number of fused-ring (bicyclic) bond motifs is 1. The smallest absolute Gasteiger partial charge is 0.257 e. The number of nitrogens with one attached hydrogen (secondary N) is 3. The van der Waals surface area contributed by atoms with Gasteiger partial charge in [-0.05, 0) is 48.6 Å². The molecule has 3 aromatic rings. The van der Waals surface area contributed by atoms with Gasteiger partial charge in [0.25, 0.3) is 5.91 Å². The van der Waals surface area contributed by atoms with Crippen LogP contribution in [0.5, 0.6) is 0 Å². The molecule has 2 aromatic carbocycles. The molecule has 0 unspecified atom stereocenters. The molecule has 0 fully saturated rings. The highest BCUT2D eigenvalue weighted by Gasteiger charge is 2.10. The van der Waals surface area contributed by atoms with Crippen molar-refractivity contribution in [3.8, 4) is 0 Å². The fourth-order valence-electron chi connectivity index (χ4n) is 2.23. The number of thiazole rings is 1. The van der Waals surface area contributed by atoms with E-state index < -0.39 is 0 Å². The van der Waals surface area contributed by atoms with Gasteiger partial charge < -0.3 is 10.6 Å². The minimum absolute atomic E-state index is 0.0798. The fraction of sp³-hybridized carbons (Fsp3) is 0.111. The summed E-state index contributed by atoms with van der Waals surface area (Å²) in [5.74, 6) is -0.374. The predicted molar refractivity (Wildman–Crippen MR) is 116 cm³/mol. The first kappa shape index (κ1) is 19.4. The second kappa shape index (κ2) is 8.55. The van der Waals surface area contributed by atoms with E-state index in [1.807, 2.05) is 24.3 Å². The molecular formula is C18H15BrN4O2S2. The van der Waals surface area contributed by atoms with Crippen LogP contribution in [0, 0.1) is 0 Å². The summed E-state index contributed by atoms with van der Waals surface area (Å²) in [6.07, 6.45) is 0.398. The molecule has 0 aliphatic carbocycles. The van der Waals surface area contributed by atoms with Crippen molar-refractivity contribution in [1.82, 2.24) is 10.3 Å². The van der Waals surface area contributed by atoms with Gasteiger partial charge in [0, 0.05) is 22.1 Å². The van der Waals surface area contributed by atoms with Crippen molar-refractivity contribution in [2.75, 3.05) is 10.6 Å². The van der Waals surface area contributed by atoms with Crippen molar-refractivity contribution < 1.29 is 9.59 Å². The van der Waals surface area contributed by atoms with Crippen LogP contribution < -0.4 is 16.0 Å². The zero-order chi connectivity index (χ0) is 19.4. The molecule has 1 aromatic heterocycles. The number of anilines is 2. The number of amides is 2. The third-order valence-corrected chi connectivity index (χ3v) is 5.16. The van der Waals surface area contributed by atoms with E-state index >= 15 is 0 Å². The standard InChI is InChI=1S/C18H15BrN4O2S2/c1-2-15(24)22-18-21-13-7-6-12(9-14(13)27-18)20-17(26)23-16(25)10-4-3-5-11(19)8-10/h3-9H,2H2,1H3,(H,21,22,24)(H2,20,23,25,26). The summed E-state index contributed by atoms with van der Waals surface area (Å²) < 4.78 is 1.71. The molecule has 0 bridgehead atoms. The van der Waals surface area contributed by atoms with Gasteiger partial charge in [-0.25, -0.2) is 4.98 Å². The van der Waals surface area contributed by atoms with Crippen molar-refractivity contribution in [3.05, 3.63) is 52.5 Å². The van der Waals surface area contributed by atoms with Gasteiger partial charge in [0.1, 0.15) is 0 Å². The Bertz CT molecular complexity index is 1040. The lowest BCUT2D eigenvalue weighted by Gasteiger charge is -2.09. The number of hydrogen-bond acceptors (Lipinski definition) is 5. The third kappa shape index (κ3) is 5.09. The third-order valence-electron chi connectivity index (χ3n) is 3.53. The maximum absolute atomic E-state index is 12.2. The number of rotatable bonds is 4. The highest BCUT2D eigenvalue weighted by atomic mass is 79.9. The number of carbonyl (C=O) groups excluding carboxylic acids is 2. The Hall–Kier alpha value is -2.36. The van der Waals surface area contributed by atoms with Gasteiger partial charge in [0.05, 0.1) is 10.2 Å². The molecule has 2 amide bonds. The van der Waals surface area contributed by atoms with Gasteiger partial charge in [-0.3, -0.25) is 14.9 Å².